The van der Waals surface area contributed by atoms with Gasteiger partial charge in [-0.2, -0.15) is 0 Å². The molecule has 0 aromatic carbocycles. The third-order valence-corrected chi connectivity index (χ3v) is 8.70. The first-order valence-electron chi connectivity index (χ1n) is 8.32. The third kappa shape index (κ3) is 13.5. The lowest BCUT2D eigenvalue weighted by Gasteiger charge is -2.36. The van der Waals surface area contributed by atoms with Crippen LogP contribution in [0.25, 0.3) is 0 Å². The maximum atomic E-state index is 6.03. The minimum Gasteiger partial charge on any atom is -0.414 e. The van der Waals surface area contributed by atoms with Crippen LogP contribution < -0.4 is 0 Å². The van der Waals surface area contributed by atoms with Crippen LogP contribution in [0.15, 0.2) is 0 Å². The molecule has 140 valence electrons. The molecular formula is C16H35BrO5Si. The Morgan fingerprint density at radius 1 is 0.652 bits per heavy atom. The van der Waals surface area contributed by atoms with Crippen molar-refractivity contribution in [2.75, 3.05) is 64.8 Å². The summed E-state index contributed by atoms with van der Waals surface area (Å²) in [6.07, 6.45) is 0. The van der Waals surface area contributed by atoms with E-state index in [-0.39, 0.29) is 5.04 Å². The van der Waals surface area contributed by atoms with Gasteiger partial charge in [-0.3, -0.25) is 0 Å². The summed E-state index contributed by atoms with van der Waals surface area (Å²) in [6.45, 7) is 16.8. The molecule has 7 heteroatoms. The van der Waals surface area contributed by atoms with E-state index in [1.807, 2.05) is 0 Å². The van der Waals surface area contributed by atoms with Crippen LogP contribution in [-0.2, 0) is 23.4 Å². The normalized spacial score (nSPS) is 12.8. The quantitative estimate of drug-likeness (QED) is 0.233. The maximum absolute atomic E-state index is 6.03. The Hall–Kier alpha value is 0.497. The van der Waals surface area contributed by atoms with Gasteiger partial charge in [-0.1, -0.05) is 36.7 Å². The van der Waals surface area contributed by atoms with Crippen LogP contribution in [0, 0.1) is 0 Å². The molecule has 5 nitrogen and oxygen atoms in total. The van der Waals surface area contributed by atoms with Gasteiger partial charge in [-0.05, 0) is 18.1 Å². The Labute approximate surface area is 151 Å². The molecule has 23 heavy (non-hydrogen) atoms. The van der Waals surface area contributed by atoms with E-state index in [4.69, 9.17) is 23.4 Å². The molecule has 0 spiro atoms. The van der Waals surface area contributed by atoms with Crippen LogP contribution in [0.4, 0.5) is 0 Å². The van der Waals surface area contributed by atoms with Crippen LogP contribution in [0.3, 0.4) is 0 Å². The van der Waals surface area contributed by atoms with Crippen LogP contribution in [0.5, 0.6) is 0 Å². The molecule has 0 aromatic rings. The minimum atomic E-state index is -1.65. The van der Waals surface area contributed by atoms with Gasteiger partial charge in [0.25, 0.3) is 0 Å². The lowest BCUT2D eigenvalue weighted by Crippen LogP contribution is -2.41. The third-order valence-electron chi connectivity index (χ3n) is 3.83. The molecule has 0 bridgehead atoms. The topological polar surface area (TPSA) is 46.2 Å². The molecule has 0 heterocycles. The molecule has 0 amide bonds. The van der Waals surface area contributed by atoms with Crippen molar-refractivity contribution in [2.45, 2.75) is 38.9 Å². The average molecular weight is 415 g/mol. The second kappa shape index (κ2) is 13.8. The highest BCUT2D eigenvalue weighted by molar-refractivity contribution is 9.09. The van der Waals surface area contributed by atoms with Crippen molar-refractivity contribution in [2.24, 2.45) is 0 Å². The molecule has 0 saturated carbocycles. The summed E-state index contributed by atoms with van der Waals surface area (Å²) in [5.74, 6) is 0. The summed E-state index contributed by atoms with van der Waals surface area (Å²) in [5.41, 5.74) is 0. The SMILES string of the molecule is CC(C)(C)[Si](C)(C)OCCOCCOCCOCCOCCBr. The monoisotopic (exact) mass is 414 g/mol. The number of halogens is 1. The fraction of sp³-hybridized carbons (Fsp3) is 1.00. The summed E-state index contributed by atoms with van der Waals surface area (Å²) in [5, 5.41) is 1.10. The van der Waals surface area contributed by atoms with Gasteiger partial charge >= 0.3 is 0 Å². The van der Waals surface area contributed by atoms with E-state index in [9.17, 15) is 0 Å². The van der Waals surface area contributed by atoms with Crippen molar-refractivity contribution in [1.29, 1.82) is 0 Å². The van der Waals surface area contributed by atoms with Gasteiger partial charge < -0.3 is 23.4 Å². The van der Waals surface area contributed by atoms with Crippen molar-refractivity contribution >= 4 is 24.2 Å². The minimum absolute atomic E-state index is 0.245. The van der Waals surface area contributed by atoms with E-state index in [0.717, 1.165) is 11.9 Å². The molecule has 0 unspecified atom stereocenters. The molecule has 0 aliphatic rings. The highest BCUT2D eigenvalue weighted by atomic mass is 79.9. The zero-order valence-corrected chi connectivity index (χ0v) is 18.1. The summed E-state index contributed by atoms with van der Waals surface area (Å²) in [6, 6.07) is 0. The van der Waals surface area contributed by atoms with Crippen LogP contribution in [0.1, 0.15) is 20.8 Å². The first-order valence-corrected chi connectivity index (χ1v) is 12.3. The molecule has 0 rings (SSSR count). The number of hydrogen-bond acceptors (Lipinski definition) is 5. The van der Waals surface area contributed by atoms with Gasteiger partial charge in [0.15, 0.2) is 8.32 Å². The van der Waals surface area contributed by atoms with Crippen molar-refractivity contribution < 1.29 is 23.4 Å². The number of ether oxygens (including phenoxy) is 4. The van der Waals surface area contributed by atoms with Crippen molar-refractivity contribution in [3.05, 3.63) is 0 Å². The van der Waals surface area contributed by atoms with Crippen molar-refractivity contribution in [1.82, 2.24) is 0 Å². The number of rotatable bonds is 15. The second-order valence-corrected chi connectivity index (χ2v) is 12.3. The molecule has 0 aliphatic heterocycles. The van der Waals surface area contributed by atoms with E-state index in [0.29, 0.717) is 52.9 Å². The first-order chi connectivity index (χ1) is 10.8. The molecule has 0 aliphatic carbocycles. The smallest absolute Gasteiger partial charge is 0.192 e. The molecule has 0 fully saturated rings. The predicted molar refractivity (Wildman–Crippen MR) is 100 cm³/mol. The lowest BCUT2D eigenvalue weighted by molar-refractivity contribution is -0.00362. The summed E-state index contributed by atoms with van der Waals surface area (Å²) in [7, 11) is -1.65. The molecule has 0 radical (unpaired) electrons. The maximum Gasteiger partial charge on any atom is 0.192 e. The predicted octanol–water partition coefficient (Wildman–Crippen LogP) is 3.47. The van der Waals surface area contributed by atoms with E-state index in [2.05, 4.69) is 49.8 Å². The van der Waals surface area contributed by atoms with Gasteiger partial charge in [-0.25, -0.2) is 0 Å². The summed E-state index contributed by atoms with van der Waals surface area (Å²) < 4.78 is 27.6. The fourth-order valence-electron chi connectivity index (χ4n) is 1.39. The highest BCUT2D eigenvalue weighted by Gasteiger charge is 2.36. The van der Waals surface area contributed by atoms with Gasteiger partial charge in [0.1, 0.15) is 0 Å². The Balaban J connectivity index is 3.25. The molecule has 0 saturated heterocycles. The Kier molecular flexibility index (Phi) is 14.0. The van der Waals surface area contributed by atoms with Gasteiger partial charge in [0.05, 0.1) is 59.5 Å². The average Bonchev–Trinajstić information content (AvgIpc) is 2.46. The standard InChI is InChI=1S/C16H35BrO5Si/c1-16(2,3)23(4,5)22-15-14-21-13-12-20-11-10-19-9-8-18-7-6-17/h6-15H2,1-5H3. The van der Waals surface area contributed by atoms with Gasteiger partial charge in [0.2, 0.25) is 0 Å². The molecule has 0 atom stereocenters. The molecular weight excluding hydrogens is 380 g/mol. The van der Waals surface area contributed by atoms with Crippen LogP contribution in [-0.4, -0.2) is 73.1 Å². The highest BCUT2D eigenvalue weighted by Crippen LogP contribution is 2.36. The van der Waals surface area contributed by atoms with Gasteiger partial charge in [0, 0.05) is 5.33 Å². The number of alkyl halides is 1. The first kappa shape index (κ1) is 23.5. The fourth-order valence-corrected chi connectivity index (χ4v) is 2.64. The van der Waals surface area contributed by atoms with Crippen LogP contribution in [0.2, 0.25) is 18.1 Å². The van der Waals surface area contributed by atoms with Crippen LogP contribution >= 0.6 is 15.9 Å². The summed E-state index contributed by atoms with van der Waals surface area (Å²) in [4.78, 5) is 0. The van der Waals surface area contributed by atoms with Gasteiger partial charge in [-0.15, -0.1) is 0 Å². The largest absolute Gasteiger partial charge is 0.414 e. The Bertz CT molecular complexity index is 272. The van der Waals surface area contributed by atoms with E-state index in [1.54, 1.807) is 0 Å². The van der Waals surface area contributed by atoms with Crippen molar-refractivity contribution in [3.63, 3.8) is 0 Å². The summed E-state index contributed by atoms with van der Waals surface area (Å²) >= 11 is 3.30. The second-order valence-electron chi connectivity index (χ2n) is 6.75. The molecule has 0 aromatic heterocycles. The molecule has 0 N–H and O–H groups in total. The zero-order chi connectivity index (χ0) is 17.6. The number of hydrogen-bond donors (Lipinski definition) is 0. The Morgan fingerprint density at radius 2 is 1.00 bits per heavy atom. The van der Waals surface area contributed by atoms with E-state index < -0.39 is 8.32 Å². The van der Waals surface area contributed by atoms with E-state index in [1.165, 1.54) is 0 Å². The zero-order valence-electron chi connectivity index (χ0n) is 15.5. The van der Waals surface area contributed by atoms with Crippen molar-refractivity contribution in [3.8, 4) is 0 Å². The lowest BCUT2D eigenvalue weighted by atomic mass is 10.2. The Morgan fingerprint density at radius 3 is 1.35 bits per heavy atom. The van der Waals surface area contributed by atoms with E-state index >= 15 is 0 Å².